The van der Waals surface area contributed by atoms with Crippen LogP contribution >= 0.6 is 11.6 Å². The second-order valence-electron chi connectivity index (χ2n) is 7.42. The molecule has 4 nitrogen and oxygen atoms in total. The molecule has 0 aliphatic rings. The topological polar surface area (TPSA) is 63.6 Å². The minimum Gasteiger partial charge on any atom is -0.479 e. The van der Waals surface area contributed by atoms with Crippen molar-refractivity contribution in [2.75, 3.05) is 0 Å². The van der Waals surface area contributed by atoms with Crippen LogP contribution in [0.2, 0.25) is 5.02 Å². The zero-order valence-corrected chi connectivity index (χ0v) is 18.4. The monoisotopic (exact) mass is 436 g/mol. The maximum atomic E-state index is 11.8. The number of benzene rings is 3. The molecule has 31 heavy (non-hydrogen) atoms. The predicted molar refractivity (Wildman–Crippen MR) is 123 cm³/mol. The summed E-state index contributed by atoms with van der Waals surface area (Å²) in [5.74, 6) is -0.522. The third-order valence-corrected chi connectivity index (χ3v) is 5.47. The van der Waals surface area contributed by atoms with Gasteiger partial charge in [0, 0.05) is 10.6 Å². The number of hydrogen-bond donors (Lipinski definition) is 1. The summed E-state index contributed by atoms with van der Waals surface area (Å²) in [5, 5.41) is 10.3. The highest BCUT2D eigenvalue weighted by molar-refractivity contribution is 6.30. The number of carbonyl (C=O) groups is 2. The highest BCUT2D eigenvalue weighted by atomic mass is 35.5. The minimum absolute atomic E-state index is 0.0296. The molecule has 3 aromatic carbocycles. The summed E-state index contributed by atoms with van der Waals surface area (Å²) in [7, 11) is 0. The fraction of sp³-hybridized carbons (Fsp3) is 0.231. The molecule has 0 spiro atoms. The number of halogens is 1. The molecule has 5 heteroatoms. The highest BCUT2D eigenvalue weighted by Crippen LogP contribution is 2.25. The highest BCUT2D eigenvalue weighted by Gasteiger charge is 2.21. The van der Waals surface area contributed by atoms with Crippen LogP contribution in [0.25, 0.3) is 11.1 Å². The molecule has 3 rings (SSSR count). The molecule has 3 aromatic rings. The van der Waals surface area contributed by atoms with E-state index in [1.807, 2.05) is 55.5 Å². The second kappa shape index (κ2) is 10.3. The molecule has 1 atom stereocenters. The SMILES string of the molecule is CCc1cc(C(C)=O)ccc1OC(CCc1ccc(-c2ccc(Cl)cc2)cc1)C(=O)O. The quantitative estimate of drug-likeness (QED) is 0.403. The van der Waals surface area contributed by atoms with E-state index in [1.165, 1.54) is 6.92 Å². The van der Waals surface area contributed by atoms with Crippen molar-refractivity contribution in [2.45, 2.75) is 39.2 Å². The first-order valence-corrected chi connectivity index (χ1v) is 10.6. The molecule has 1 unspecified atom stereocenters. The molecule has 0 fully saturated rings. The Kier molecular flexibility index (Phi) is 7.48. The van der Waals surface area contributed by atoms with Crippen LogP contribution in [0.15, 0.2) is 66.7 Å². The molecule has 0 amide bonds. The maximum absolute atomic E-state index is 11.8. The molecule has 0 aliphatic heterocycles. The first-order valence-electron chi connectivity index (χ1n) is 10.3. The van der Waals surface area contributed by atoms with Gasteiger partial charge in [0.25, 0.3) is 0 Å². The van der Waals surface area contributed by atoms with Crippen molar-refractivity contribution >= 4 is 23.4 Å². The zero-order chi connectivity index (χ0) is 22.4. The van der Waals surface area contributed by atoms with Gasteiger partial charge in [0.1, 0.15) is 5.75 Å². The Labute approximate surface area is 187 Å². The van der Waals surface area contributed by atoms with Gasteiger partial charge in [0.05, 0.1) is 0 Å². The summed E-state index contributed by atoms with van der Waals surface area (Å²) < 4.78 is 5.84. The number of aryl methyl sites for hydroxylation is 2. The van der Waals surface area contributed by atoms with E-state index < -0.39 is 12.1 Å². The lowest BCUT2D eigenvalue weighted by Crippen LogP contribution is -2.28. The maximum Gasteiger partial charge on any atom is 0.344 e. The van der Waals surface area contributed by atoms with Gasteiger partial charge in [-0.3, -0.25) is 4.79 Å². The van der Waals surface area contributed by atoms with Crippen LogP contribution in [0.5, 0.6) is 5.75 Å². The van der Waals surface area contributed by atoms with Crippen molar-refractivity contribution in [3.8, 4) is 16.9 Å². The van der Waals surface area contributed by atoms with Crippen LogP contribution in [-0.4, -0.2) is 23.0 Å². The number of rotatable bonds is 9. The number of carboxylic acid groups (broad SMARTS) is 1. The van der Waals surface area contributed by atoms with Gasteiger partial charge in [-0.15, -0.1) is 0 Å². The number of carboxylic acids is 1. The van der Waals surface area contributed by atoms with Gasteiger partial charge in [0.2, 0.25) is 0 Å². The predicted octanol–water partition coefficient (Wildman–Crippen LogP) is 6.24. The number of Topliss-reactive ketones (excluding diaryl/α,β-unsaturated/α-hetero) is 1. The number of aliphatic carboxylic acids is 1. The number of carbonyl (C=O) groups excluding carboxylic acids is 1. The lowest BCUT2D eigenvalue weighted by atomic mass is 10.0. The van der Waals surface area contributed by atoms with Gasteiger partial charge < -0.3 is 9.84 Å². The minimum atomic E-state index is -1.00. The van der Waals surface area contributed by atoms with Crippen molar-refractivity contribution in [1.29, 1.82) is 0 Å². The molecule has 0 bridgehead atoms. The van der Waals surface area contributed by atoms with Gasteiger partial charge >= 0.3 is 5.97 Å². The Balaban J connectivity index is 1.68. The standard InChI is InChI=1S/C26H25ClO4/c1-3-19-16-22(17(2)28)11-15-24(19)31-25(26(29)30)14-6-18-4-7-20(8-5-18)21-9-12-23(27)13-10-21/h4-5,7-13,15-16,25H,3,6,14H2,1-2H3,(H,29,30). The fourth-order valence-electron chi connectivity index (χ4n) is 3.38. The molecule has 0 radical (unpaired) electrons. The average molecular weight is 437 g/mol. The van der Waals surface area contributed by atoms with E-state index in [1.54, 1.807) is 18.2 Å². The molecule has 0 heterocycles. The molecule has 0 saturated heterocycles. The normalized spacial score (nSPS) is 11.7. The molecule has 0 aromatic heterocycles. The van der Waals surface area contributed by atoms with Crippen LogP contribution in [0.4, 0.5) is 0 Å². The Morgan fingerprint density at radius 1 is 0.968 bits per heavy atom. The largest absolute Gasteiger partial charge is 0.479 e. The third-order valence-electron chi connectivity index (χ3n) is 5.22. The van der Waals surface area contributed by atoms with Crippen LogP contribution < -0.4 is 4.74 Å². The van der Waals surface area contributed by atoms with Gasteiger partial charge in [-0.05, 0) is 78.8 Å². The first kappa shape index (κ1) is 22.6. The van der Waals surface area contributed by atoms with E-state index in [0.717, 1.165) is 22.3 Å². The van der Waals surface area contributed by atoms with Crippen molar-refractivity contribution in [2.24, 2.45) is 0 Å². The van der Waals surface area contributed by atoms with Gasteiger partial charge in [-0.25, -0.2) is 4.79 Å². The van der Waals surface area contributed by atoms with Crippen LogP contribution in [0.3, 0.4) is 0 Å². The fourth-order valence-corrected chi connectivity index (χ4v) is 3.51. The Bertz CT molecular complexity index is 1060. The van der Waals surface area contributed by atoms with E-state index >= 15 is 0 Å². The smallest absolute Gasteiger partial charge is 0.344 e. The molecular weight excluding hydrogens is 412 g/mol. The lowest BCUT2D eigenvalue weighted by molar-refractivity contribution is -0.145. The average Bonchev–Trinajstić information content (AvgIpc) is 2.77. The van der Waals surface area contributed by atoms with E-state index in [-0.39, 0.29) is 5.78 Å². The van der Waals surface area contributed by atoms with Crippen molar-refractivity contribution < 1.29 is 19.4 Å². The van der Waals surface area contributed by atoms with Crippen LogP contribution in [-0.2, 0) is 17.6 Å². The summed E-state index contributed by atoms with van der Waals surface area (Å²) >= 11 is 5.94. The summed E-state index contributed by atoms with van der Waals surface area (Å²) in [6.45, 7) is 3.46. The number of hydrogen-bond acceptors (Lipinski definition) is 3. The summed E-state index contributed by atoms with van der Waals surface area (Å²) in [6.07, 6.45) is 0.594. The van der Waals surface area contributed by atoms with E-state index in [4.69, 9.17) is 16.3 Å². The van der Waals surface area contributed by atoms with Gasteiger partial charge in [-0.2, -0.15) is 0 Å². The third kappa shape index (κ3) is 5.96. The van der Waals surface area contributed by atoms with Gasteiger partial charge in [-0.1, -0.05) is 54.9 Å². The van der Waals surface area contributed by atoms with Crippen LogP contribution in [0, 0.1) is 0 Å². The van der Waals surface area contributed by atoms with E-state index in [0.29, 0.717) is 35.6 Å². The lowest BCUT2D eigenvalue weighted by Gasteiger charge is -2.18. The number of ketones is 1. The van der Waals surface area contributed by atoms with Crippen molar-refractivity contribution in [3.05, 3.63) is 88.4 Å². The van der Waals surface area contributed by atoms with Crippen molar-refractivity contribution in [3.63, 3.8) is 0 Å². The summed E-state index contributed by atoms with van der Waals surface area (Å²) in [6, 6.07) is 20.8. The molecule has 0 saturated carbocycles. The molecule has 160 valence electrons. The first-order chi connectivity index (χ1) is 14.9. The zero-order valence-electron chi connectivity index (χ0n) is 17.6. The summed E-state index contributed by atoms with van der Waals surface area (Å²) in [4.78, 5) is 23.4. The summed E-state index contributed by atoms with van der Waals surface area (Å²) in [5.41, 5.74) is 4.60. The van der Waals surface area contributed by atoms with Crippen LogP contribution in [0.1, 0.15) is 41.8 Å². The van der Waals surface area contributed by atoms with E-state index in [2.05, 4.69) is 0 Å². The second-order valence-corrected chi connectivity index (χ2v) is 7.86. The molecule has 0 aliphatic carbocycles. The van der Waals surface area contributed by atoms with E-state index in [9.17, 15) is 14.7 Å². The van der Waals surface area contributed by atoms with Crippen molar-refractivity contribution in [1.82, 2.24) is 0 Å². The number of ether oxygens (including phenoxy) is 1. The van der Waals surface area contributed by atoms with Gasteiger partial charge in [0.15, 0.2) is 11.9 Å². The Morgan fingerprint density at radius 2 is 1.58 bits per heavy atom. The Hall–Kier alpha value is -3.11. The molecule has 1 N–H and O–H groups in total. The Morgan fingerprint density at radius 3 is 2.13 bits per heavy atom. The molecular formula is C26H25ClO4.